The molecule has 1 fully saturated rings. The summed E-state index contributed by atoms with van der Waals surface area (Å²) in [6.45, 7) is 7.59. The van der Waals surface area contributed by atoms with Gasteiger partial charge in [-0.15, -0.1) is 0 Å². The van der Waals surface area contributed by atoms with Crippen LogP contribution in [0.3, 0.4) is 0 Å². The molecule has 4 nitrogen and oxygen atoms in total. The number of carbonyl (C=O) groups excluding carboxylic acids is 1. The summed E-state index contributed by atoms with van der Waals surface area (Å²) in [4.78, 5) is 14.1. The van der Waals surface area contributed by atoms with E-state index in [2.05, 4.69) is 36.3 Å². The average Bonchev–Trinajstić information content (AvgIpc) is 2.44. The molecule has 0 radical (unpaired) electrons. The van der Waals surface area contributed by atoms with E-state index >= 15 is 0 Å². The molecule has 0 unspecified atom stereocenters. The van der Waals surface area contributed by atoms with Gasteiger partial charge in [0.2, 0.25) is 5.91 Å². The Labute approximate surface area is 148 Å². The Morgan fingerprint density at radius 3 is 2.70 bits per heavy atom. The van der Waals surface area contributed by atoms with E-state index in [4.69, 9.17) is 23.8 Å². The smallest absolute Gasteiger partial charge is 0.222 e. The zero-order chi connectivity index (χ0) is 17.0. The molecule has 0 spiro atoms. The van der Waals surface area contributed by atoms with Gasteiger partial charge in [0.1, 0.15) is 0 Å². The third-order valence-electron chi connectivity index (χ3n) is 4.03. The highest BCUT2D eigenvalue weighted by Crippen LogP contribution is 2.22. The van der Waals surface area contributed by atoms with E-state index < -0.39 is 0 Å². The predicted molar refractivity (Wildman–Crippen MR) is 98.5 cm³/mol. The van der Waals surface area contributed by atoms with Crippen LogP contribution >= 0.6 is 23.8 Å². The summed E-state index contributed by atoms with van der Waals surface area (Å²) in [5.41, 5.74) is 1.05. The fourth-order valence-corrected chi connectivity index (χ4v) is 3.57. The van der Waals surface area contributed by atoms with Gasteiger partial charge in [0.25, 0.3) is 0 Å². The first-order valence-corrected chi connectivity index (χ1v) is 8.65. The van der Waals surface area contributed by atoms with Crippen molar-refractivity contribution in [3.05, 3.63) is 34.9 Å². The lowest BCUT2D eigenvalue weighted by molar-refractivity contribution is -0.121. The summed E-state index contributed by atoms with van der Waals surface area (Å²) in [7, 11) is 0. The first-order chi connectivity index (χ1) is 10.8. The van der Waals surface area contributed by atoms with Crippen LogP contribution in [0.25, 0.3) is 0 Å². The Morgan fingerprint density at radius 1 is 1.43 bits per heavy atom. The monoisotopic (exact) mass is 353 g/mol. The summed E-state index contributed by atoms with van der Waals surface area (Å²) < 4.78 is 0. The van der Waals surface area contributed by atoms with Crippen molar-refractivity contribution in [1.82, 2.24) is 15.5 Å². The first kappa shape index (κ1) is 18.0. The summed E-state index contributed by atoms with van der Waals surface area (Å²) in [5, 5.41) is 7.70. The number of hydrogen-bond donors (Lipinski definition) is 2. The molecule has 1 aromatic carbocycles. The van der Waals surface area contributed by atoms with Crippen LogP contribution in [0.5, 0.6) is 0 Å². The molecule has 0 saturated carbocycles. The van der Waals surface area contributed by atoms with Crippen LogP contribution in [0.1, 0.15) is 39.2 Å². The zero-order valence-corrected chi connectivity index (χ0v) is 15.4. The van der Waals surface area contributed by atoms with Crippen molar-refractivity contribution in [1.29, 1.82) is 0 Å². The Balaban J connectivity index is 1.78. The molecular weight excluding hydrogens is 330 g/mol. The Kier molecular flexibility index (Phi) is 5.87. The third kappa shape index (κ3) is 5.36. The lowest BCUT2D eigenvalue weighted by atomic mass is 9.93. The molecule has 1 aliphatic rings. The minimum Gasteiger partial charge on any atom is -0.358 e. The van der Waals surface area contributed by atoms with Gasteiger partial charge >= 0.3 is 0 Å². The Morgan fingerprint density at radius 2 is 2.09 bits per heavy atom. The third-order valence-corrected chi connectivity index (χ3v) is 4.62. The molecule has 1 heterocycles. The van der Waals surface area contributed by atoms with E-state index in [1.165, 1.54) is 0 Å². The van der Waals surface area contributed by atoms with Gasteiger partial charge < -0.3 is 15.5 Å². The van der Waals surface area contributed by atoms with E-state index in [1.807, 2.05) is 24.3 Å². The van der Waals surface area contributed by atoms with E-state index in [0.29, 0.717) is 30.6 Å². The normalized spacial score (nSPS) is 20.1. The second-order valence-corrected chi connectivity index (χ2v) is 7.54. The van der Waals surface area contributed by atoms with E-state index in [9.17, 15) is 4.79 Å². The van der Waals surface area contributed by atoms with Gasteiger partial charge in [-0.1, -0.05) is 23.7 Å². The first-order valence-electron chi connectivity index (χ1n) is 7.87. The van der Waals surface area contributed by atoms with E-state index in [0.717, 1.165) is 17.1 Å². The lowest BCUT2D eigenvalue weighted by Gasteiger charge is -2.44. The second kappa shape index (κ2) is 7.49. The van der Waals surface area contributed by atoms with Gasteiger partial charge in [-0.05, 0) is 57.1 Å². The van der Waals surface area contributed by atoms with Crippen molar-refractivity contribution in [3.63, 3.8) is 0 Å². The highest BCUT2D eigenvalue weighted by molar-refractivity contribution is 7.80. The number of carbonyl (C=O) groups is 1. The van der Waals surface area contributed by atoms with Crippen molar-refractivity contribution in [2.45, 2.75) is 51.7 Å². The van der Waals surface area contributed by atoms with Gasteiger partial charge in [-0.3, -0.25) is 4.79 Å². The summed E-state index contributed by atoms with van der Waals surface area (Å²) in [6, 6.07) is 7.81. The molecule has 6 heteroatoms. The van der Waals surface area contributed by atoms with Crippen molar-refractivity contribution in [2.75, 3.05) is 6.54 Å². The number of hydrogen-bond acceptors (Lipinski definition) is 2. The fourth-order valence-electron chi connectivity index (χ4n) is 2.90. The molecular formula is C17H24ClN3OS. The maximum absolute atomic E-state index is 12.0. The Hall–Kier alpha value is -1.33. The van der Waals surface area contributed by atoms with Crippen LogP contribution in [0.4, 0.5) is 0 Å². The van der Waals surface area contributed by atoms with Crippen LogP contribution in [-0.4, -0.2) is 34.0 Å². The summed E-state index contributed by atoms with van der Waals surface area (Å²) in [5.74, 6) is 0.0276. The second-order valence-electron chi connectivity index (χ2n) is 6.71. The average molecular weight is 354 g/mol. The van der Waals surface area contributed by atoms with Crippen LogP contribution in [0, 0.1) is 0 Å². The Bertz CT molecular complexity index is 574. The molecule has 0 aromatic heterocycles. The van der Waals surface area contributed by atoms with Crippen LogP contribution < -0.4 is 10.6 Å². The van der Waals surface area contributed by atoms with E-state index in [-0.39, 0.29) is 11.4 Å². The molecule has 2 N–H and O–H groups in total. The fraction of sp³-hybridized carbons (Fsp3) is 0.529. The molecule has 1 saturated heterocycles. The number of halogens is 1. The zero-order valence-electron chi connectivity index (χ0n) is 13.9. The number of nitrogens with zero attached hydrogens (tertiary/aromatic N) is 1. The van der Waals surface area contributed by atoms with Gasteiger partial charge in [-0.25, -0.2) is 0 Å². The maximum atomic E-state index is 12.0. The maximum Gasteiger partial charge on any atom is 0.222 e. The standard InChI is InChI=1S/C17H24ClN3OS/c1-12-10-17(2,3)20-16(23)21(12)9-8-15(22)19-11-13-4-6-14(18)7-5-13/h4-7,12H,8-11H2,1-3H3,(H,19,22)(H,20,23)/t12-/m1/s1. The van der Waals surface area contributed by atoms with Crippen LogP contribution in [-0.2, 0) is 11.3 Å². The van der Waals surface area contributed by atoms with Gasteiger partial charge in [0, 0.05) is 36.1 Å². The minimum atomic E-state index is 0.0177. The van der Waals surface area contributed by atoms with Gasteiger partial charge in [-0.2, -0.15) is 0 Å². The molecule has 1 aromatic rings. The largest absolute Gasteiger partial charge is 0.358 e. The van der Waals surface area contributed by atoms with Crippen molar-refractivity contribution < 1.29 is 4.79 Å². The van der Waals surface area contributed by atoms with Gasteiger partial charge in [0.05, 0.1) is 0 Å². The highest BCUT2D eigenvalue weighted by atomic mass is 35.5. The lowest BCUT2D eigenvalue weighted by Crippen LogP contribution is -2.60. The summed E-state index contributed by atoms with van der Waals surface area (Å²) >= 11 is 11.3. The molecule has 1 aliphatic heterocycles. The number of nitrogens with one attached hydrogen (secondary N) is 2. The van der Waals surface area contributed by atoms with Crippen LogP contribution in [0.15, 0.2) is 24.3 Å². The number of benzene rings is 1. The SMILES string of the molecule is C[C@@H]1CC(C)(C)NC(=S)N1CCC(=O)NCc1ccc(Cl)cc1. The number of amides is 1. The molecule has 0 aliphatic carbocycles. The minimum absolute atomic E-state index is 0.0177. The van der Waals surface area contributed by atoms with Crippen molar-refractivity contribution in [3.8, 4) is 0 Å². The molecule has 23 heavy (non-hydrogen) atoms. The highest BCUT2D eigenvalue weighted by Gasteiger charge is 2.32. The summed E-state index contributed by atoms with van der Waals surface area (Å²) in [6.07, 6.45) is 1.43. The van der Waals surface area contributed by atoms with Crippen molar-refractivity contribution >= 4 is 34.8 Å². The van der Waals surface area contributed by atoms with Gasteiger partial charge in [0.15, 0.2) is 5.11 Å². The number of rotatable bonds is 5. The van der Waals surface area contributed by atoms with E-state index in [1.54, 1.807) is 0 Å². The molecule has 1 amide bonds. The topological polar surface area (TPSA) is 44.4 Å². The van der Waals surface area contributed by atoms with Crippen LogP contribution in [0.2, 0.25) is 5.02 Å². The predicted octanol–water partition coefficient (Wildman–Crippen LogP) is 3.09. The number of thiocarbonyl (C=S) groups is 1. The molecule has 2 rings (SSSR count). The molecule has 0 bridgehead atoms. The quantitative estimate of drug-likeness (QED) is 0.798. The molecule has 126 valence electrons. The van der Waals surface area contributed by atoms with Crippen molar-refractivity contribution in [2.24, 2.45) is 0 Å². The molecule has 1 atom stereocenters.